The zero-order valence-corrected chi connectivity index (χ0v) is 9.54. The fourth-order valence-electron chi connectivity index (χ4n) is 1.45. The van der Waals surface area contributed by atoms with E-state index in [-0.39, 0.29) is 0 Å². The summed E-state index contributed by atoms with van der Waals surface area (Å²) in [5.74, 6) is 0.948. The predicted molar refractivity (Wildman–Crippen MR) is 66.2 cm³/mol. The van der Waals surface area contributed by atoms with Crippen LogP contribution in [0.1, 0.15) is 38.2 Å². The molecule has 82 valence electrons. The topological polar surface area (TPSA) is 9.23 Å². The highest BCUT2D eigenvalue weighted by Gasteiger charge is 1.94. The van der Waals surface area contributed by atoms with Crippen LogP contribution in [-0.4, -0.2) is 6.61 Å². The van der Waals surface area contributed by atoms with Gasteiger partial charge >= 0.3 is 0 Å². The molecule has 0 heterocycles. The summed E-state index contributed by atoms with van der Waals surface area (Å²) in [5, 5.41) is 0. The van der Waals surface area contributed by atoms with Crippen LogP contribution in [0.5, 0.6) is 5.75 Å². The molecule has 0 N–H and O–H groups in total. The van der Waals surface area contributed by atoms with Crippen LogP contribution in [-0.2, 0) is 0 Å². The van der Waals surface area contributed by atoms with E-state index in [9.17, 15) is 0 Å². The lowest BCUT2D eigenvalue weighted by atomic mass is 10.2. The van der Waals surface area contributed by atoms with Gasteiger partial charge in [0, 0.05) is 0 Å². The lowest BCUT2D eigenvalue weighted by Gasteiger charge is -2.06. The van der Waals surface area contributed by atoms with Crippen molar-refractivity contribution in [3.05, 3.63) is 36.4 Å². The standard InChI is InChI=1S/C14H20O/c1-3-5-6-7-11-15-14-10-8-9-13(4-2)12-14/h4,8-10,12H,2-3,5-7,11H2,1H3. The van der Waals surface area contributed by atoms with Gasteiger partial charge in [-0.25, -0.2) is 0 Å². The van der Waals surface area contributed by atoms with Crippen LogP contribution in [0, 0.1) is 0 Å². The van der Waals surface area contributed by atoms with Gasteiger partial charge < -0.3 is 4.74 Å². The highest BCUT2D eigenvalue weighted by atomic mass is 16.5. The van der Waals surface area contributed by atoms with E-state index in [1.807, 2.05) is 30.3 Å². The minimum atomic E-state index is 0.820. The molecule has 15 heavy (non-hydrogen) atoms. The van der Waals surface area contributed by atoms with E-state index in [2.05, 4.69) is 13.5 Å². The largest absolute Gasteiger partial charge is 0.494 e. The van der Waals surface area contributed by atoms with Crippen LogP contribution in [0.25, 0.3) is 6.08 Å². The summed E-state index contributed by atoms with van der Waals surface area (Å²) < 4.78 is 5.65. The first-order valence-corrected chi connectivity index (χ1v) is 5.72. The molecule has 0 atom stereocenters. The summed E-state index contributed by atoms with van der Waals surface area (Å²) in [6.45, 7) is 6.77. The van der Waals surface area contributed by atoms with Gasteiger partial charge in [0.25, 0.3) is 0 Å². The minimum Gasteiger partial charge on any atom is -0.494 e. The number of hydrogen-bond acceptors (Lipinski definition) is 1. The first-order chi connectivity index (χ1) is 7.36. The lowest BCUT2D eigenvalue weighted by Crippen LogP contribution is -1.97. The van der Waals surface area contributed by atoms with Crippen LogP contribution in [0.4, 0.5) is 0 Å². The van der Waals surface area contributed by atoms with Crippen molar-refractivity contribution >= 4 is 6.08 Å². The van der Waals surface area contributed by atoms with Crippen molar-refractivity contribution in [3.63, 3.8) is 0 Å². The van der Waals surface area contributed by atoms with E-state index in [0.717, 1.165) is 24.3 Å². The molecule has 1 rings (SSSR count). The van der Waals surface area contributed by atoms with Crippen molar-refractivity contribution in [1.29, 1.82) is 0 Å². The van der Waals surface area contributed by atoms with Gasteiger partial charge in [-0.15, -0.1) is 0 Å². The molecule has 1 nitrogen and oxygen atoms in total. The molecule has 0 spiro atoms. The van der Waals surface area contributed by atoms with Crippen molar-refractivity contribution in [3.8, 4) is 5.75 Å². The summed E-state index contributed by atoms with van der Waals surface area (Å²) in [7, 11) is 0. The monoisotopic (exact) mass is 204 g/mol. The number of ether oxygens (including phenoxy) is 1. The molecule has 0 aliphatic rings. The summed E-state index contributed by atoms with van der Waals surface area (Å²) >= 11 is 0. The Morgan fingerprint density at radius 3 is 2.87 bits per heavy atom. The van der Waals surface area contributed by atoms with Crippen LogP contribution in [0.3, 0.4) is 0 Å². The van der Waals surface area contributed by atoms with Gasteiger partial charge in [-0.3, -0.25) is 0 Å². The van der Waals surface area contributed by atoms with E-state index >= 15 is 0 Å². The Morgan fingerprint density at radius 2 is 2.13 bits per heavy atom. The first-order valence-electron chi connectivity index (χ1n) is 5.72. The summed E-state index contributed by atoms with van der Waals surface area (Å²) in [6.07, 6.45) is 6.82. The van der Waals surface area contributed by atoms with Crippen molar-refractivity contribution in [2.45, 2.75) is 32.6 Å². The molecule has 0 aliphatic carbocycles. The third-order valence-electron chi connectivity index (χ3n) is 2.36. The normalized spacial score (nSPS) is 9.93. The van der Waals surface area contributed by atoms with Crippen molar-refractivity contribution in [2.24, 2.45) is 0 Å². The minimum absolute atomic E-state index is 0.820. The zero-order valence-electron chi connectivity index (χ0n) is 9.54. The third kappa shape index (κ3) is 4.68. The molecule has 0 saturated carbocycles. The first kappa shape index (κ1) is 11.8. The Kier molecular flexibility index (Phi) is 5.60. The molecular formula is C14H20O. The fourth-order valence-corrected chi connectivity index (χ4v) is 1.45. The second-order valence-electron chi connectivity index (χ2n) is 3.69. The molecule has 0 aromatic heterocycles. The fraction of sp³-hybridized carbons (Fsp3) is 0.429. The molecular weight excluding hydrogens is 184 g/mol. The SMILES string of the molecule is C=Cc1cccc(OCCCCCC)c1. The van der Waals surface area contributed by atoms with Crippen molar-refractivity contribution in [1.82, 2.24) is 0 Å². The van der Waals surface area contributed by atoms with Crippen molar-refractivity contribution < 1.29 is 4.74 Å². The van der Waals surface area contributed by atoms with Gasteiger partial charge in [0.15, 0.2) is 0 Å². The molecule has 0 bridgehead atoms. The maximum Gasteiger partial charge on any atom is 0.119 e. The zero-order chi connectivity index (χ0) is 10.9. The highest BCUT2D eigenvalue weighted by Crippen LogP contribution is 2.14. The number of unbranched alkanes of at least 4 members (excludes halogenated alkanes) is 3. The lowest BCUT2D eigenvalue weighted by molar-refractivity contribution is 0.305. The number of hydrogen-bond donors (Lipinski definition) is 0. The maximum atomic E-state index is 5.65. The van der Waals surface area contributed by atoms with Gasteiger partial charge in [-0.2, -0.15) is 0 Å². The average molecular weight is 204 g/mol. The Hall–Kier alpha value is -1.24. The van der Waals surface area contributed by atoms with Gasteiger partial charge in [0.2, 0.25) is 0 Å². The molecule has 0 amide bonds. The smallest absolute Gasteiger partial charge is 0.119 e. The molecule has 0 fully saturated rings. The van der Waals surface area contributed by atoms with Gasteiger partial charge in [0.1, 0.15) is 5.75 Å². The molecule has 0 saturated heterocycles. The highest BCUT2D eigenvalue weighted by molar-refractivity contribution is 5.49. The summed E-state index contributed by atoms with van der Waals surface area (Å²) in [5.41, 5.74) is 1.11. The van der Waals surface area contributed by atoms with E-state index < -0.39 is 0 Å². The summed E-state index contributed by atoms with van der Waals surface area (Å²) in [6, 6.07) is 8.04. The second kappa shape index (κ2) is 7.10. The Labute approximate surface area is 92.8 Å². The Bertz CT molecular complexity index is 291. The average Bonchev–Trinajstić information content (AvgIpc) is 2.29. The van der Waals surface area contributed by atoms with Crippen LogP contribution >= 0.6 is 0 Å². The number of rotatable bonds is 7. The predicted octanol–water partition coefficient (Wildman–Crippen LogP) is 4.29. The second-order valence-corrected chi connectivity index (χ2v) is 3.69. The van der Waals surface area contributed by atoms with Crippen LogP contribution < -0.4 is 4.74 Å². The van der Waals surface area contributed by atoms with Gasteiger partial charge in [-0.1, -0.05) is 51.0 Å². The quantitative estimate of drug-likeness (QED) is 0.602. The Balaban J connectivity index is 2.27. The van der Waals surface area contributed by atoms with E-state index in [0.29, 0.717) is 0 Å². The van der Waals surface area contributed by atoms with Crippen LogP contribution in [0.15, 0.2) is 30.8 Å². The van der Waals surface area contributed by atoms with E-state index in [4.69, 9.17) is 4.74 Å². The van der Waals surface area contributed by atoms with Crippen LogP contribution in [0.2, 0.25) is 0 Å². The van der Waals surface area contributed by atoms with E-state index in [1.54, 1.807) is 0 Å². The molecule has 1 aromatic carbocycles. The number of benzene rings is 1. The van der Waals surface area contributed by atoms with Crippen molar-refractivity contribution in [2.75, 3.05) is 6.61 Å². The van der Waals surface area contributed by atoms with E-state index in [1.165, 1.54) is 19.3 Å². The molecule has 0 radical (unpaired) electrons. The summed E-state index contributed by atoms with van der Waals surface area (Å²) in [4.78, 5) is 0. The maximum absolute atomic E-state index is 5.65. The molecule has 1 aromatic rings. The third-order valence-corrected chi connectivity index (χ3v) is 2.36. The molecule has 0 aliphatic heterocycles. The van der Waals surface area contributed by atoms with Gasteiger partial charge in [-0.05, 0) is 24.1 Å². The molecule has 0 unspecified atom stereocenters. The van der Waals surface area contributed by atoms with Gasteiger partial charge in [0.05, 0.1) is 6.61 Å². The Morgan fingerprint density at radius 1 is 1.27 bits per heavy atom. The molecule has 1 heteroatoms.